The highest BCUT2D eigenvalue weighted by molar-refractivity contribution is 5.90. The molecular weight excluding hydrogens is 448 g/mol. The van der Waals surface area contributed by atoms with Crippen LogP contribution in [0.4, 0.5) is 0 Å². The van der Waals surface area contributed by atoms with Crippen LogP contribution >= 0.6 is 0 Å². The second-order valence-corrected chi connectivity index (χ2v) is 9.43. The van der Waals surface area contributed by atoms with Gasteiger partial charge in [0.2, 0.25) is 0 Å². The van der Waals surface area contributed by atoms with Crippen LogP contribution in [-0.2, 0) is 22.4 Å². The number of aryl methyl sites for hydroxylation is 1. The first-order valence-corrected chi connectivity index (χ1v) is 12.6. The van der Waals surface area contributed by atoms with Crippen molar-refractivity contribution in [2.45, 2.75) is 46.5 Å². The summed E-state index contributed by atoms with van der Waals surface area (Å²) in [5, 5.41) is 0. The Bertz CT molecular complexity index is 1280. The largest absolute Gasteiger partial charge is 0.462 e. The summed E-state index contributed by atoms with van der Waals surface area (Å²) in [6.07, 6.45) is 3.30. The average Bonchev–Trinajstić information content (AvgIpc) is 2.92. The Hall–Kier alpha value is -3.84. The summed E-state index contributed by atoms with van der Waals surface area (Å²) >= 11 is 0. The zero-order valence-corrected chi connectivity index (χ0v) is 21.2. The molecule has 36 heavy (non-hydrogen) atoms. The minimum absolute atomic E-state index is 0.145. The molecule has 0 aliphatic heterocycles. The number of fused-ring (bicyclic) bond motifs is 1. The molecule has 2 unspecified atom stereocenters. The van der Waals surface area contributed by atoms with Crippen LogP contribution in [0.2, 0.25) is 0 Å². The predicted molar refractivity (Wildman–Crippen MR) is 142 cm³/mol. The summed E-state index contributed by atoms with van der Waals surface area (Å²) in [4.78, 5) is 25.1. The molecule has 184 valence electrons. The van der Waals surface area contributed by atoms with E-state index in [1.807, 2.05) is 49.4 Å². The molecule has 0 saturated heterocycles. The van der Waals surface area contributed by atoms with Gasteiger partial charge in [0.1, 0.15) is 5.75 Å². The van der Waals surface area contributed by atoms with Crippen molar-refractivity contribution < 1.29 is 19.1 Å². The third kappa shape index (κ3) is 6.23. The van der Waals surface area contributed by atoms with E-state index in [1.54, 1.807) is 12.1 Å². The maximum atomic E-state index is 12.8. The Kier molecular flexibility index (Phi) is 8.23. The lowest BCUT2D eigenvalue weighted by atomic mass is 9.83. The van der Waals surface area contributed by atoms with Crippen LogP contribution in [0.3, 0.4) is 0 Å². The molecule has 4 heteroatoms. The van der Waals surface area contributed by atoms with Gasteiger partial charge in [-0.3, -0.25) is 4.79 Å². The maximum Gasteiger partial charge on any atom is 0.338 e. The van der Waals surface area contributed by atoms with Crippen molar-refractivity contribution in [3.05, 3.63) is 89.0 Å². The molecule has 0 spiro atoms. The lowest BCUT2D eigenvalue weighted by molar-refractivity contribution is -0.139. The summed E-state index contributed by atoms with van der Waals surface area (Å²) in [5.74, 6) is 6.28. The third-order valence-electron chi connectivity index (χ3n) is 6.76. The summed E-state index contributed by atoms with van der Waals surface area (Å²) in [6, 6.07) is 21.1. The number of rotatable bonds is 7. The molecule has 0 radical (unpaired) electrons. The molecule has 3 aromatic carbocycles. The first-order valence-electron chi connectivity index (χ1n) is 12.6. The maximum absolute atomic E-state index is 12.8. The number of ether oxygens (including phenoxy) is 2. The number of carbonyl (C=O) groups is 2. The predicted octanol–water partition coefficient (Wildman–Crippen LogP) is 6.64. The smallest absolute Gasteiger partial charge is 0.338 e. The van der Waals surface area contributed by atoms with Crippen LogP contribution in [0.15, 0.2) is 66.7 Å². The SMILES string of the molecule is CC#Cc1ccc2c(c1)CCC(C(=O)Oc1ccc(-c3ccc(C(=O)OCC(C)CC)cc3)cc1)C2. The topological polar surface area (TPSA) is 52.6 Å². The van der Waals surface area contributed by atoms with Crippen LogP contribution in [-0.4, -0.2) is 18.5 Å². The van der Waals surface area contributed by atoms with Crippen LogP contribution in [0.25, 0.3) is 11.1 Å². The van der Waals surface area contributed by atoms with Gasteiger partial charge in [0.15, 0.2) is 0 Å². The monoisotopic (exact) mass is 480 g/mol. The normalized spacial score (nSPS) is 15.1. The fourth-order valence-electron chi connectivity index (χ4n) is 4.31. The molecule has 0 amide bonds. The molecule has 4 rings (SSSR count). The lowest BCUT2D eigenvalue weighted by Gasteiger charge is -2.23. The summed E-state index contributed by atoms with van der Waals surface area (Å²) in [7, 11) is 0. The van der Waals surface area contributed by atoms with Gasteiger partial charge in [-0.25, -0.2) is 4.79 Å². The Morgan fingerprint density at radius 2 is 1.67 bits per heavy atom. The Morgan fingerprint density at radius 1 is 0.972 bits per heavy atom. The van der Waals surface area contributed by atoms with Crippen molar-refractivity contribution in [3.63, 3.8) is 0 Å². The molecule has 1 aliphatic rings. The second kappa shape index (κ2) is 11.7. The summed E-state index contributed by atoms with van der Waals surface area (Å²) in [6.45, 7) is 6.40. The van der Waals surface area contributed by atoms with Gasteiger partial charge in [-0.1, -0.05) is 56.5 Å². The molecule has 3 aromatic rings. The fourth-order valence-corrected chi connectivity index (χ4v) is 4.31. The molecule has 4 nitrogen and oxygen atoms in total. The van der Waals surface area contributed by atoms with E-state index in [9.17, 15) is 9.59 Å². The van der Waals surface area contributed by atoms with E-state index < -0.39 is 0 Å². The van der Waals surface area contributed by atoms with Crippen molar-refractivity contribution in [3.8, 4) is 28.7 Å². The second-order valence-electron chi connectivity index (χ2n) is 9.43. The number of hydrogen-bond donors (Lipinski definition) is 0. The van der Waals surface area contributed by atoms with Gasteiger partial charge in [0.05, 0.1) is 18.1 Å². The zero-order valence-electron chi connectivity index (χ0n) is 21.2. The minimum Gasteiger partial charge on any atom is -0.462 e. The minimum atomic E-state index is -0.301. The number of esters is 2. The standard InChI is InChI=1S/C32H32O4/c1-4-6-23-7-8-28-20-29(14-13-27(28)19-23)32(34)36-30-17-15-25(16-18-30)24-9-11-26(12-10-24)31(33)35-21-22(3)5-2/h7-12,15-19,22,29H,5,13-14,20-21H2,1-3H3. The Morgan fingerprint density at radius 3 is 2.33 bits per heavy atom. The van der Waals surface area contributed by atoms with Gasteiger partial charge in [-0.05, 0) is 90.8 Å². The Labute approximate surface area is 213 Å². The van der Waals surface area contributed by atoms with E-state index >= 15 is 0 Å². The quantitative estimate of drug-likeness (QED) is 0.216. The van der Waals surface area contributed by atoms with Crippen molar-refractivity contribution in [1.82, 2.24) is 0 Å². The summed E-state index contributed by atoms with van der Waals surface area (Å²) in [5.41, 5.74) is 5.99. The van der Waals surface area contributed by atoms with E-state index in [2.05, 4.69) is 37.8 Å². The lowest BCUT2D eigenvalue weighted by Crippen LogP contribution is -2.26. The van der Waals surface area contributed by atoms with Crippen LogP contribution in [0.1, 0.15) is 60.7 Å². The van der Waals surface area contributed by atoms with Crippen molar-refractivity contribution in [2.75, 3.05) is 6.61 Å². The molecule has 0 aromatic heterocycles. The van der Waals surface area contributed by atoms with Crippen molar-refractivity contribution in [1.29, 1.82) is 0 Å². The first-order chi connectivity index (χ1) is 17.5. The zero-order chi connectivity index (χ0) is 25.5. The van der Waals surface area contributed by atoms with E-state index in [4.69, 9.17) is 9.47 Å². The van der Waals surface area contributed by atoms with E-state index in [1.165, 1.54) is 11.1 Å². The van der Waals surface area contributed by atoms with Gasteiger partial charge < -0.3 is 9.47 Å². The fraction of sp³-hybridized carbons (Fsp3) is 0.312. The van der Waals surface area contributed by atoms with Gasteiger partial charge in [0, 0.05) is 5.56 Å². The summed E-state index contributed by atoms with van der Waals surface area (Å²) < 4.78 is 11.1. The molecule has 0 bridgehead atoms. The first kappa shape index (κ1) is 25.3. The molecule has 0 saturated carbocycles. The molecule has 0 heterocycles. The highest BCUT2D eigenvalue weighted by Gasteiger charge is 2.26. The van der Waals surface area contributed by atoms with Crippen molar-refractivity contribution in [2.24, 2.45) is 11.8 Å². The molecule has 0 N–H and O–H groups in total. The van der Waals surface area contributed by atoms with E-state index in [0.717, 1.165) is 36.0 Å². The highest BCUT2D eigenvalue weighted by Crippen LogP contribution is 2.29. The number of carbonyl (C=O) groups excluding carboxylic acids is 2. The van der Waals surface area contributed by atoms with Gasteiger partial charge in [-0.15, -0.1) is 5.92 Å². The molecule has 0 fully saturated rings. The van der Waals surface area contributed by atoms with Crippen LogP contribution in [0.5, 0.6) is 5.75 Å². The number of hydrogen-bond acceptors (Lipinski definition) is 4. The van der Waals surface area contributed by atoms with E-state index in [-0.39, 0.29) is 17.9 Å². The van der Waals surface area contributed by atoms with Gasteiger partial charge in [-0.2, -0.15) is 0 Å². The third-order valence-corrected chi connectivity index (χ3v) is 6.76. The molecular formula is C32H32O4. The van der Waals surface area contributed by atoms with Crippen LogP contribution in [0, 0.1) is 23.7 Å². The van der Waals surface area contributed by atoms with Gasteiger partial charge >= 0.3 is 11.9 Å². The van der Waals surface area contributed by atoms with Gasteiger partial charge in [0.25, 0.3) is 0 Å². The average molecular weight is 481 g/mol. The molecule has 1 aliphatic carbocycles. The Balaban J connectivity index is 1.34. The van der Waals surface area contributed by atoms with Crippen molar-refractivity contribution >= 4 is 11.9 Å². The number of benzene rings is 3. The highest BCUT2D eigenvalue weighted by atomic mass is 16.5. The molecule has 2 atom stereocenters. The van der Waals surface area contributed by atoms with E-state index in [0.29, 0.717) is 30.3 Å². The van der Waals surface area contributed by atoms with Crippen LogP contribution < -0.4 is 4.74 Å².